The van der Waals surface area contributed by atoms with Gasteiger partial charge in [0, 0.05) is 6.61 Å². The summed E-state index contributed by atoms with van der Waals surface area (Å²) in [5, 5.41) is 15.4. The van der Waals surface area contributed by atoms with Crippen LogP contribution in [-0.4, -0.2) is 35.2 Å². The first kappa shape index (κ1) is 16.1. The van der Waals surface area contributed by atoms with Gasteiger partial charge in [-0.15, -0.1) is 0 Å². The number of amides is 1. The number of carbonyl (C=O) groups is 1. The summed E-state index contributed by atoms with van der Waals surface area (Å²) in [5.74, 6) is -0.00423. The van der Waals surface area contributed by atoms with Crippen molar-refractivity contribution in [1.82, 2.24) is 5.32 Å². The van der Waals surface area contributed by atoms with Crippen molar-refractivity contribution in [3.63, 3.8) is 0 Å². The number of ether oxygens (including phenoxy) is 1. The van der Waals surface area contributed by atoms with Crippen molar-refractivity contribution in [3.05, 3.63) is 0 Å². The first-order valence-electron chi connectivity index (χ1n) is 8.09. The Morgan fingerprint density at radius 1 is 1.14 bits per heavy atom. The molecule has 1 atom stereocenters. The SMILES string of the molecule is NC(=NO)C1(NC(=O)C2CCCCO2)CCCCCCC1. The number of carbonyl (C=O) groups excluding carboxylic acids is 1. The molecule has 0 aromatic rings. The molecule has 0 bridgehead atoms. The molecule has 2 rings (SSSR count). The number of nitrogens with one attached hydrogen (secondary N) is 1. The van der Waals surface area contributed by atoms with Gasteiger partial charge in [0.2, 0.25) is 5.91 Å². The topological polar surface area (TPSA) is 96.9 Å². The zero-order valence-electron chi connectivity index (χ0n) is 12.6. The Morgan fingerprint density at radius 3 is 2.38 bits per heavy atom. The van der Waals surface area contributed by atoms with E-state index in [-0.39, 0.29) is 11.7 Å². The van der Waals surface area contributed by atoms with Crippen LogP contribution in [0.25, 0.3) is 0 Å². The van der Waals surface area contributed by atoms with Crippen LogP contribution in [0.4, 0.5) is 0 Å². The Balaban J connectivity index is 2.08. The third kappa shape index (κ3) is 4.09. The Hall–Kier alpha value is -1.30. The van der Waals surface area contributed by atoms with Crippen molar-refractivity contribution in [2.24, 2.45) is 10.9 Å². The number of hydrogen-bond acceptors (Lipinski definition) is 4. The lowest BCUT2D eigenvalue weighted by Crippen LogP contribution is -2.60. The molecule has 120 valence electrons. The van der Waals surface area contributed by atoms with Gasteiger partial charge in [0.15, 0.2) is 5.84 Å². The lowest BCUT2D eigenvalue weighted by atomic mass is 9.82. The van der Waals surface area contributed by atoms with Gasteiger partial charge in [0.05, 0.1) is 0 Å². The average molecular weight is 297 g/mol. The normalized spacial score (nSPS) is 27.4. The fourth-order valence-corrected chi connectivity index (χ4v) is 3.31. The molecule has 1 amide bonds. The quantitative estimate of drug-likeness (QED) is 0.321. The second kappa shape index (κ2) is 7.64. The fraction of sp³-hybridized carbons (Fsp3) is 0.867. The average Bonchev–Trinajstić information content (AvgIpc) is 2.50. The molecule has 0 spiro atoms. The predicted octanol–water partition coefficient (Wildman–Crippen LogP) is 1.90. The van der Waals surface area contributed by atoms with Gasteiger partial charge in [-0.2, -0.15) is 0 Å². The molecule has 1 aliphatic heterocycles. The van der Waals surface area contributed by atoms with Gasteiger partial charge in [-0.3, -0.25) is 4.79 Å². The molecule has 21 heavy (non-hydrogen) atoms. The van der Waals surface area contributed by atoms with Crippen molar-refractivity contribution in [3.8, 4) is 0 Å². The number of oxime groups is 1. The molecule has 0 aromatic heterocycles. The third-order valence-electron chi connectivity index (χ3n) is 4.64. The second-order valence-electron chi connectivity index (χ2n) is 6.18. The minimum Gasteiger partial charge on any atom is -0.409 e. The van der Waals surface area contributed by atoms with Crippen molar-refractivity contribution in [2.75, 3.05) is 6.61 Å². The van der Waals surface area contributed by atoms with Gasteiger partial charge < -0.3 is 21.0 Å². The van der Waals surface area contributed by atoms with E-state index >= 15 is 0 Å². The maximum Gasteiger partial charge on any atom is 0.249 e. The Morgan fingerprint density at radius 2 is 1.81 bits per heavy atom. The van der Waals surface area contributed by atoms with E-state index in [4.69, 9.17) is 15.7 Å². The summed E-state index contributed by atoms with van der Waals surface area (Å²) >= 11 is 0. The largest absolute Gasteiger partial charge is 0.409 e. The molecule has 2 fully saturated rings. The smallest absolute Gasteiger partial charge is 0.249 e. The number of nitrogens with zero attached hydrogens (tertiary/aromatic N) is 1. The van der Waals surface area contributed by atoms with Crippen molar-refractivity contribution < 1.29 is 14.7 Å². The lowest BCUT2D eigenvalue weighted by Gasteiger charge is -2.36. The van der Waals surface area contributed by atoms with Crippen LogP contribution in [0.5, 0.6) is 0 Å². The van der Waals surface area contributed by atoms with Crippen LogP contribution in [0.2, 0.25) is 0 Å². The molecule has 6 heteroatoms. The first-order valence-corrected chi connectivity index (χ1v) is 8.09. The van der Waals surface area contributed by atoms with Gasteiger partial charge in [0.1, 0.15) is 11.6 Å². The summed E-state index contributed by atoms with van der Waals surface area (Å²) < 4.78 is 5.54. The van der Waals surface area contributed by atoms with Crippen LogP contribution in [0.3, 0.4) is 0 Å². The summed E-state index contributed by atoms with van der Waals surface area (Å²) in [6.45, 7) is 0.634. The summed E-state index contributed by atoms with van der Waals surface area (Å²) in [7, 11) is 0. The van der Waals surface area contributed by atoms with Crippen LogP contribution in [-0.2, 0) is 9.53 Å². The maximum atomic E-state index is 12.5. The van der Waals surface area contributed by atoms with E-state index in [1.165, 1.54) is 6.42 Å². The zero-order chi connectivity index (χ0) is 15.1. The molecule has 1 aliphatic carbocycles. The van der Waals surface area contributed by atoms with Gasteiger partial charge >= 0.3 is 0 Å². The Kier molecular flexibility index (Phi) is 5.85. The standard InChI is InChI=1S/C15H27N3O3/c16-14(18-20)15(9-5-2-1-3-6-10-15)17-13(19)12-8-4-7-11-21-12/h12,20H,1-11H2,(H2,16,18)(H,17,19). The van der Waals surface area contributed by atoms with E-state index in [0.29, 0.717) is 6.61 Å². The third-order valence-corrected chi connectivity index (χ3v) is 4.64. The highest BCUT2D eigenvalue weighted by Crippen LogP contribution is 2.27. The van der Waals surface area contributed by atoms with Crippen molar-refractivity contribution in [1.29, 1.82) is 0 Å². The van der Waals surface area contributed by atoms with E-state index in [0.717, 1.165) is 57.8 Å². The van der Waals surface area contributed by atoms with E-state index in [1.807, 2.05) is 0 Å². The van der Waals surface area contributed by atoms with Gasteiger partial charge in [-0.25, -0.2) is 0 Å². The number of amidine groups is 1. The molecular formula is C15H27N3O3. The zero-order valence-corrected chi connectivity index (χ0v) is 12.6. The van der Waals surface area contributed by atoms with E-state index in [1.54, 1.807) is 0 Å². The van der Waals surface area contributed by atoms with Crippen LogP contribution in [0, 0.1) is 0 Å². The molecule has 0 radical (unpaired) electrons. The minimum absolute atomic E-state index is 0.119. The molecule has 2 aliphatic rings. The highest BCUT2D eigenvalue weighted by Gasteiger charge is 2.38. The molecule has 6 nitrogen and oxygen atoms in total. The number of rotatable bonds is 3. The van der Waals surface area contributed by atoms with Gasteiger partial charge in [-0.05, 0) is 32.1 Å². The lowest BCUT2D eigenvalue weighted by molar-refractivity contribution is -0.137. The summed E-state index contributed by atoms with van der Waals surface area (Å²) in [6.07, 6.45) is 9.22. The highest BCUT2D eigenvalue weighted by atomic mass is 16.5. The van der Waals surface area contributed by atoms with Gasteiger partial charge in [-0.1, -0.05) is 37.3 Å². The maximum absolute atomic E-state index is 12.5. The molecular weight excluding hydrogens is 270 g/mol. The Labute approximate surface area is 126 Å². The number of hydrogen-bond donors (Lipinski definition) is 3. The number of nitrogens with two attached hydrogens (primary N) is 1. The van der Waals surface area contributed by atoms with Crippen molar-refractivity contribution in [2.45, 2.75) is 75.9 Å². The molecule has 0 aromatic carbocycles. The van der Waals surface area contributed by atoms with Gasteiger partial charge in [0.25, 0.3) is 0 Å². The van der Waals surface area contributed by atoms with Crippen LogP contribution >= 0.6 is 0 Å². The van der Waals surface area contributed by atoms with Crippen LogP contribution in [0.15, 0.2) is 5.16 Å². The monoisotopic (exact) mass is 297 g/mol. The molecule has 1 unspecified atom stereocenters. The van der Waals surface area contributed by atoms with Crippen LogP contribution < -0.4 is 11.1 Å². The van der Waals surface area contributed by atoms with Crippen molar-refractivity contribution >= 4 is 11.7 Å². The molecule has 1 saturated carbocycles. The Bertz CT molecular complexity index is 370. The van der Waals surface area contributed by atoms with Crippen LogP contribution in [0.1, 0.15) is 64.2 Å². The fourth-order valence-electron chi connectivity index (χ4n) is 3.31. The summed E-state index contributed by atoms with van der Waals surface area (Å²) in [5.41, 5.74) is 5.21. The minimum atomic E-state index is -0.715. The summed E-state index contributed by atoms with van der Waals surface area (Å²) in [4.78, 5) is 12.5. The predicted molar refractivity (Wildman–Crippen MR) is 80.2 cm³/mol. The summed E-state index contributed by atoms with van der Waals surface area (Å²) in [6, 6.07) is 0. The molecule has 1 heterocycles. The highest BCUT2D eigenvalue weighted by molar-refractivity contribution is 5.94. The van der Waals surface area contributed by atoms with E-state index in [2.05, 4.69) is 10.5 Å². The van der Waals surface area contributed by atoms with E-state index < -0.39 is 11.6 Å². The first-order chi connectivity index (χ1) is 10.2. The molecule has 4 N–H and O–H groups in total. The van der Waals surface area contributed by atoms with E-state index in [9.17, 15) is 4.79 Å². The second-order valence-corrected chi connectivity index (χ2v) is 6.18. The molecule has 1 saturated heterocycles.